The summed E-state index contributed by atoms with van der Waals surface area (Å²) in [6, 6.07) is 21.2. The maximum atomic E-state index is 12.2. The quantitative estimate of drug-likeness (QED) is 0.411. The lowest BCUT2D eigenvalue weighted by Crippen LogP contribution is -2.28. The molecular formula is C22H22ClN3OS. The molecule has 0 aliphatic carbocycles. The number of hydrogen-bond acceptors (Lipinski definition) is 3. The molecule has 3 aromatic rings. The summed E-state index contributed by atoms with van der Waals surface area (Å²) in [6.45, 7) is 4.56. The minimum Gasteiger partial charge on any atom is -0.334 e. The lowest BCUT2D eigenvalue weighted by molar-refractivity contribution is 0.251. The Kier molecular flexibility index (Phi) is 6.85. The molecule has 0 aliphatic rings. The van der Waals surface area contributed by atoms with Gasteiger partial charge in [-0.1, -0.05) is 47.5 Å². The Morgan fingerprint density at radius 1 is 0.964 bits per heavy atom. The van der Waals surface area contributed by atoms with E-state index in [2.05, 4.69) is 21.4 Å². The van der Waals surface area contributed by atoms with E-state index in [1.807, 2.05) is 74.5 Å². The standard InChI is InChI=1S/C22H22ClN3OS/c1-15-4-3-5-17(12-15)14-24-22(27)25-20-9-6-16(2)21(13-20)28-26-19-10-7-18(23)8-11-19/h3-13,26H,14H2,1-2H3,(H2,24,25,27). The first-order chi connectivity index (χ1) is 13.5. The molecule has 0 radical (unpaired) electrons. The highest BCUT2D eigenvalue weighted by Gasteiger charge is 2.06. The van der Waals surface area contributed by atoms with Crippen molar-refractivity contribution < 1.29 is 4.79 Å². The SMILES string of the molecule is Cc1cccc(CNC(=O)Nc2ccc(C)c(SNc3ccc(Cl)cc3)c2)c1. The number of rotatable bonds is 6. The van der Waals surface area contributed by atoms with Crippen LogP contribution in [0.1, 0.15) is 16.7 Å². The van der Waals surface area contributed by atoms with Crippen LogP contribution in [0.3, 0.4) is 0 Å². The maximum Gasteiger partial charge on any atom is 0.319 e. The maximum absolute atomic E-state index is 12.2. The van der Waals surface area contributed by atoms with E-state index >= 15 is 0 Å². The fraction of sp³-hybridized carbons (Fsp3) is 0.136. The highest BCUT2D eigenvalue weighted by atomic mass is 35.5. The molecule has 28 heavy (non-hydrogen) atoms. The first kappa shape index (κ1) is 20.1. The van der Waals surface area contributed by atoms with Crippen LogP contribution in [-0.4, -0.2) is 6.03 Å². The third-order valence-corrected chi connectivity index (χ3v) is 5.35. The normalized spacial score (nSPS) is 10.4. The van der Waals surface area contributed by atoms with Gasteiger partial charge in [0.05, 0.1) is 0 Å². The third-order valence-electron chi connectivity index (χ3n) is 4.10. The Morgan fingerprint density at radius 3 is 2.46 bits per heavy atom. The van der Waals surface area contributed by atoms with E-state index in [9.17, 15) is 4.79 Å². The van der Waals surface area contributed by atoms with Crippen LogP contribution in [0, 0.1) is 13.8 Å². The van der Waals surface area contributed by atoms with Gasteiger partial charge < -0.3 is 15.4 Å². The van der Waals surface area contributed by atoms with Crippen molar-refractivity contribution >= 4 is 41.0 Å². The number of aryl methyl sites for hydroxylation is 2. The lowest BCUT2D eigenvalue weighted by atomic mass is 10.1. The molecule has 0 heterocycles. The Morgan fingerprint density at radius 2 is 1.71 bits per heavy atom. The first-order valence-electron chi connectivity index (χ1n) is 8.89. The smallest absolute Gasteiger partial charge is 0.319 e. The fourth-order valence-electron chi connectivity index (χ4n) is 2.60. The van der Waals surface area contributed by atoms with Gasteiger partial charge in [0.1, 0.15) is 0 Å². The number of nitrogens with one attached hydrogen (secondary N) is 3. The van der Waals surface area contributed by atoms with E-state index < -0.39 is 0 Å². The van der Waals surface area contributed by atoms with Crippen LogP contribution in [0.4, 0.5) is 16.2 Å². The van der Waals surface area contributed by atoms with Crippen molar-refractivity contribution in [1.82, 2.24) is 5.32 Å². The minimum absolute atomic E-state index is 0.230. The average molecular weight is 412 g/mol. The van der Waals surface area contributed by atoms with Gasteiger partial charge in [-0.25, -0.2) is 4.79 Å². The van der Waals surface area contributed by atoms with Crippen molar-refractivity contribution in [3.63, 3.8) is 0 Å². The van der Waals surface area contributed by atoms with E-state index in [0.29, 0.717) is 11.6 Å². The number of amides is 2. The van der Waals surface area contributed by atoms with E-state index in [1.54, 1.807) is 0 Å². The van der Waals surface area contributed by atoms with Gasteiger partial charge in [0.15, 0.2) is 0 Å². The van der Waals surface area contributed by atoms with Crippen molar-refractivity contribution in [2.45, 2.75) is 25.3 Å². The molecule has 3 aromatic carbocycles. The van der Waals surface area contributed by atoms with E-state index in [1.165, 1.54) is 17.5 Å². The summed E-state index contributed by atoms with van der Waals surface area (Å²) < 4.78 is 3.29. The highest BCUT2D eigenvalue weighted by molar-refractivity contribution is 8.00. The zero-order valence-electron chi connectivity index (χ0n) is 15.8. The molecule has 2 amide bonds. The highest BCUT2D eigenvalue weighted by Crippen LogP contribution is 2.27. The second-order valence-electron chi connectivity index (χ2n) is 6.49. The molecule has 0 saturated heterocycles. The van der Waals surface area contributed by atoms with Crippen LogP contribution in [0.15, 0.2) is 71.6 Å². The topological polar surface area (TPSA) is 53.2 Å². The number of urea groups is 1. The van der Waals surface area contributed by atoms with Crippen LogP contribution >= 0.6 is 23.5 Å². The van der Waals surface area contributed by atoms with Gasteiger partial charge in [0.25, 0.3) is 0 Å². The zero-order valence-corrected chi connectivity index (χ0v) is 17.3. The molecule has 0 saturated carbocycles. The molecular weight excluding hydrogens is 390 g/mol. The molecule has 144 valence electrons. The predicted molar refractivity (Wildman–Crippen MR) is 119 cm³/mol. The van der Waals surface area contributed by atoms with Crippen LogP contribution < -0.4 is 15.4 Å². The van der Waals surface area contributed by atoms with Crippen LogP contribution in [-0.2, 0) is 6.54 Å². The number of carbonyl (C=O) groups excluding carboxylic acids is 1. The number of halogens is 1. The summed E-state index contributed by atoms with van der Waals surface area (Å²) in [5.74, 6) is 0. The summed E-state index contributed by atoms with van der Waals surface area (Å²) >= 11 is 7.41. The van der Waals surface area contributed by atoms with Gasteiger partial charge in [0, 0.05) is 27.8 Å². The molecule has 6 heteroatoms. The predicted octanol–water partition coefficient (Wildman–Crippen LogP) is 6.40. The number of carbonyl (C=O) groups is 1. The molecule has 0 aromatic heterocycles. The molecule has 3 rings (SSSR count). The van der Waals surface area contributed by atoms with Crippen molar-refractivity contribution in [2.75, 3.05) is 10.0 Å². The number of hydrogen-bond donors (Lipinski definition) is 3. The monoisotopic (exact) mass is 411 g/mol. The molecule has 0 bridgehead atoms. The van der Waals surface area contributed by atoms with Gasteiger partial charge in [-0.3, -0.25) is 0 Å². The Bertz CT molecular complexity index is 960. The van der Waals surface area contributed by atoms with Gasteiger partial charge in [-0.15, -0.1) is 0 Å². The Balaban J connectivity index is 1.57. The summed E-state index contributed by atoms with van der Waals surface area (Å²) in [5, 5.41) is 6.48. The van der Waals surface area contributed by atoms with Crippen molar-refractivity contribution in [1.29, 1.82) is 0 Å². The molecule has 4 nitrogen and oxygen atoms in total. The molecule has 0 unspecified atom stereocenters. The minimum atomic E-state index is -0.230. The fourth-order valence-corrected chi connectivity index (χ4v) is 3.50. The van der Waals surface area contributed by atoms with Crippen molar-refractivity contribution in [2.24, 2.45) is 0 Å². The van der Waals surface area contributed by atoms with E-state index in [-0.39, 0.29) is 6.03 Å². The Hall–Kier alpha value is -2.63. The van der Waals surface area contributed by atoms with Crippen LogP contribution in [0.2, 0.25) is 5.02 Å². The first-order valence-corrected chi connectivity index (χ1v) is 10.1. The summed E-state index contributed by atoms with van der Waals surface area (Å²) in [5.41, 5.74) is 5.07. The van der Waals surface area contributed by atoms with Gasteiger partial charge in [-0.05, 0) is 73.3 Å². The van der Waals surface area contributed by atoms with Gasteiger partial charge in [-0.2, -0.15) is 0 Å². The van der Waals surface area contributed by atoms with Crippen LogP contribution in [0.5, 0.6) is 0 Å². The summed E-state index contributed by atoms with van der Waals surface area (Å²) in [4.78, 5) is 13.3. The Labute approximate surface area is 174 Å². The van der Waals surface area contributed by atoms with Crippen molar-refractivity contribution in [3.05, 3.63) is 88.4 Å². The van der Waals surface area contributed by atoms with E-state index in [0.717, 1.165) is 27.4 Å². The lowest BCUT2D eigenvalue weighted by Gasteiger charge is -2.12. The number of benzene rings is 3. The molecule has 0 spiro atoms. The second-order valence-corrected chi connectivity index (χ2v) is 7.77. The van der Waals surface area contributed by atoms with Gasteiger partial charge >= 0.3 is 6.03 Å². The summed E-state index contributed by atoms with van der Waals surface area (Å²) in [6.07, 6.45) is 0. The van der Waals surface area contributed by atoms with Gasteiger partial charge in [0.2, 0.25) is 0 Å². The molecule has 0 fully saturated rings. The second kappa shape index (κ2) is 9.53. The molecule has 0 atom stereocenters. The van der Waals surface area contributed by atoms with Crippen LogP contribution in [0.25, 0.3) is 0 Å². The number of anilines is 2. The van der Waals surface area contributed by atoms with E-state index in [4.69, 9.17) is 11.6 Å². The zero-order chi connectivity index (χ0) is 19.9. The summed E-state index contributed by atoms with van der Waals surface area (Å²) in [7, 11) is 0. The average Bonchev–Trinajstić information content (AvgIpc) is 2.68. The third kappa shape index (κ3) is 5.94. The van der Waals surface area contributed by atoms with Crippen molar-refractivity contribution in [3.8, 4) is 0 Å². The largest absolute Gasteiger partial charge is 0.334 e. The molecule has 0 aliphatic heterocycles. The molecule has 3 N–H and O–H groups in total.